The maximum absolute atomic E-state index is 5.07. The first-order chi connectivity index (χ1) is 10.8. The number of likely N-dealkylation sites (N-methyl/N-ethyl adjacent to an activating group) is 1. The lowest BCUT2D eigenvalue weighted by Gasteiger charge is -2.18. The van der Waals surface area contributed by atoms with Gasteiger partial charge in [-0.15, -0.1) is 0 Å². The topological polar surface area (TPSA) is 48.9 Å². The third-order valence-electron chi connectivity index (χ3n) is 4.45. The van der Waals surface area contributed by atoms with Gasteiger partial charge in [0.15, 0.2) is 5.96 Å². The van der Waals surface area contributed by atoms with Crippen LogP contribution in [0, 0.1) is 5.92 Å². The second-order valence-electron chi connectivity index (χ2n) is 6.37. The van der Waals surface area contributed by atoms with Crippen molar-refractivity contribution in [2.24, 2.45) is 10.9 Å². The summed E-state index contributed by atoms with van der Waals surface area (Å²) in [5.74, 6) is 1.91. The van der Waals surface area contributed by atoms with E-state index in [0.29, 0.717) is 0 Å². The Morgan fingerprint density at radius 3 is 2.55 bits per heavy atom. The van der Waals surface area contributed by atoms with Crippen LogP contribution in [0.5, 0.6) is 0 Å². The first-order valence-electron chi connectivity index (χ1n) is 8.88. The zero-order valence-electron chi connectivity index (χ0n) is 14.9. The molecule has 0 bridgehead atoms. The average Bonchev–Trinajstić information content (AvgIpc) is 3.03. The van der Waals surface area contributed by atoms with Crippen LogP contribution in [0.15, 0.2) is 4.99 Å². The number of nitrogens with one attached hydrogen (secondary N) is 2. The Kier molecular flexibility index (Phi) is 11.1. The van der Waals surface area contributed by atoms with Crippen LogP contribution in [0.1, 0.15) is 44.9 Å². The molecular formula is C17H36N4O. The van der Waals surface area contributed by atoms with Crippen molar-refractivity contribution in [3.05, 3.63) is 0 Å². The molecule has 0 aromatic heterocycles. The van der Waals surface area contributed by atoms with Crippen molar-refractivity contribution in [3.8, 4) is 0 Å². The molecule has 1 aliphatic rings. The van der Waals surface area contributed by atoms with Crippen molar-refractivity contribution in [1.82, 2.24) is 15.5 Å². The zero-order chi connectivity index (χ0) is 16.0. The van der Waals surface area contributed by atoms with Crippen LogP contribution < -0.4 is 10.6 Å². The largest absolute Gasteiger partial charge is 0.385 e. The fraction of sp³-hybridized carbons (Fsp3) is 0.941. The summed E-state index contributed by atoms with van der Waals surface area (Å²) in [6, 6.07) is 0. The van der Waals surface area contributed by atoms with Crippen molar-refractivity contribution >= 4 is 5.96 Å². The fourth-order valence-electron chi connectivity index (χ4n) is 3.07. The standard InChI is InChI=1S/C17H36N4O/c1-18-17(19-11-6-10-16-8-4-5-9-16)20-12-14-21(2)13-7-15-22-3/h16H,4-15H2,1-3H3,(H2,18,19,20). The second-order valence-corrected chi connectivity index (χ2v) is 6.37. The maximum Gasteiger partial charge on any atom is 0.191 e. The Labute approximate surface area is 136 Å². The molecule has 1 aliphatic carbocycles. The van der Waals surface area contributed by atoms with Crippen LogP contribution in [-0.4, -0.2) is 64.9 Å². The van der Waals surface area contributed by atoms with E-state index in [4.69, 9.17) is 4.74 Å². The van der Waals surface area contributed by atoms with Crippen molar-refractivity contribution in [1.29, 1.82) is 0 Å². The van der Waals surface area contributed by atoms with Gasteiger partial charge in [-0.05, 0) is 32.2 Å². The maximum atomic E-state index is 5.07. The quantitative estimate of drug-likeness (QED) is 0.348. The molecule has 0 atom stereocenters. The highest BCUT2D eigenvalue weighted by Crippen LogP contribution is 2.28. The summed E-state index contributed by atoms with van der Waals surface area (Å²) in [6.45, 7) is 4.88. The third kappa shape index (κ3) is 9.26. The van der Waals surface area contributed by atoms with Crippen LogP contribution in [0.25, 0.3) is 0 Å². The molecule has 1 fully saturated rings. The van der Waals surface area contributed by atoms with Crippen LogP contribution >= 0.6 is 0 Å². The molecular weight excluding hydrogens is 276 g/mol. The van der Waals surface area contributed by atoms with Crippen molar-refractivity contribution in [3.63, 3.8) is 0 Å². The van der Waals surface area contributed by atoms with Crippen LogP contribution in [0.3, 0.4) is 0 Å². The van der Waals surface area contributed by atoms with Gasteiger partial charge in [0.2, 0.25) is 0 Å². The number of ether oxygens (including phenoxy) is 1. The molecule has 2 N–H and O–H groups in total. The van der Waals surface area contributed by atoms with E-state index in [1.807, 2.05) is 7.05 Å². The molecule has 0 aromatic rings. The molecule has 5 heteroatoms. The van der Waals surface area contributed by atoms with Crippen LogP contribution in [-0.2, 0) is 4.74 Å². The van der Waals surface area contributed by atoms with Crippen molar-refractivity contribution in [2.75, 3.05) is 54.0 Å². The lowest BCUT2D eigenvalue weighted by atomic mass is 10.0. The zero-order valence-corrected chi connectivity index (χ0v) is 14.9. The lowest BCUT2D eigenvalue weighted by Crippen LogP contribution is -2.41. The Bertz CT molecular complexity index is 290. The molecule has 1 saturated carbocycles. The van der Waals surface area contributed by atoms with E-state index in [-0.39, 0.29) is 0 Å². The first-order valence-corrected chi connectivity index (χ1v) is 8.88. The molecule has 0 saturated heterocycles. The molecule has 22 heavy (non-hydrogen) atoms. The highest BCUT2D eigenvalue weighted by molar-refractivity contribution is 5.79. The van der Waals surface area contributed by atoms with Gasteiger partial charge in [0.25, 0.3) is 0 Å². The van der Waals surface area contributed by atoms with E-state index in [0.717, 1.165) is 51.1 Å². The minimum Gasteiger partial charge on any atom is -0.385 e. The predicted octanol–water partition coefficient (Wildman–Crippen LogP) is 2.09. The summed E-state index contributed by atoms with van der Waals surface area (Å²) in [5.41, 5.74) is 0. The molecule has 0 radical (unpaired) electrons. The second kappa shape index (κ2) is 12.7. The van der Waals surface area contributed by atoms with Crippen molar-refractivity contribution in [2.45, 2.75) is 44.9 Å². The Morgan fingerprint density at radius 1 is 1.14 bits per heavy atom. The summed E-state index contributed by atoms with van der Waals surface area (Å²) in [5, 5.41) is 6.80. The number of hydrogen-bond acceptors (Lipinski definition) is 3. The minimum absolute atomic E-state index is 0.835. The molecule has 130 valence electrons. The Morgan fingerprint density at radius 2 is 1.86 bits per heavy atom. The number of hydrogen-bond donors (Lipinski definition) is 2. The SMILES string of the molecule is CN=C(NCCCC1CCCC1)NCCN(C)CCCOC. The summed E-state index contributed by atoms with van der Waals surface area (Å²) in [6.07, 6.45) is 9.48. The van der Waals surface area contributed by atoms with Gasteiger partial charge in [-0.1, -0.05) is 25.7 Å². The summed E-state index contributed by atoms with van der Waals surface area (Å²) < 4.78 is 5.07. The minimum atomic E-state index is 0.835. The van der Waals surface area contributed by atoms with Gasteiger partial charge in [-0.2, -0.15) is 0 Å². The molecule has 0 aromatic carbocycles. The van der Waals surface area contributed by atoms with Gasteiger partial charge in [0.1, 0.15) is 0 Å². The lowest BCUT2D eigenvalue weighted by molar-refractivity contribution is 0.180. The number of guanidine groups is 1. The fourth-order valence-corrected chi connectivity index (χ4v) is 3.07. The van der Waals surface area contributed by atoms with E-state index in [1.54, 1.807) is 7.11 Å². The number of aliphatic imine (C=N–C) groups is 1. The molecule has 0 unspecified atom stereocenters. The first kappa shape index (κ1) is 19.2. The van der Waals surface area contributed by atoms with Gasteiger partial charge < -0.3 is 20.3 Å². The Balaban J connectivity index is 1.99. The smallest absolute Gasteiger partial charge is 0.191 e. The summed E-state index contributed by atoms with van der Waals surface area (Å²) >= 11 is 0. The van der Waals surface area contributed by atoms with Crippen molar-refractivity contribution < 1.29 is 4.74 Å². The van der Waals surface area contributed by atoms with E-state index >= 15 is 0 Å². The van der Waals surface area contributed by atoms with E-state index in [1.165, 1.54) is 38.5 Å². The highest BCUT2D eigenvalue weighted by atomic mass is 16.5. The molecule has 0 heterocycles. The predicted molar refractivity (Wildman–Crippen MR) is 94.5 cm³/mol. The summed E-state index contributed by atoms with van der Waals surface area (Å²) in [7, 11) is 5.74. The monoisotopic (exact) mass is 312 g/mol. The Hall–Kier alpha value is -0.810. The molecule has 5 nitrogen and oxygen atoms in total. The molecule has 0 amide bonds. The number of rotatable bonds is 11. The molecule has 0 aliphatic heterocycles. The van der Waals surface area contributed by atoms with E-state index in [2.05, 4.69) is 27.6 Å². The normalized spacial score (nSPS) is 16.5. The van der Waals surface area contributed by atoms with Gasteiger partial charge in [-0.25, -0.2) is 0 Å². The molecule has 1 rings (SSSR count). The summed E-state index contributed by atoms with van der Waals surface area (Å²) in [4.78, 5) is 6.60. The number of nitrogens with zero attached hydrogens (tertiary/aromatic N) is 2. The van der Waals surface area contributed by atoms with Gasteiger partial charge in [0.05, 0.1) is 0 Å². The van der Waals surface area contributed by atoms with Crippen LogP contribution in [0.2, 0.25) is 0 Å². The third-order valence-corrected chi connectivity index (χ3v) is 4.45. The van der Waals surface area contributed by atoms with E-state index < -0.39 is 0 Å². The number of methoxy groups -OCH3 is 1. The molecule has 0 spiro atoms. The average molecular weight is 313 g/mol. The highest BCUT2D eigenvalue weighted by Gasteiger charge is 2.13. The van der Waals surface area contributed by atoms with Crippen LogP contribution in [0.4, 0.5) is 0 Å². The van der Waals surface area contributed by atoms with E-state index in [9.17, 15) is 0 Å². The van der Waals surface area contributed by atoms with Gasteiger partial charge in [-0.3, -0.25) is 4.99 Å². The van der Waals surface area contributed by atoms with Gasteiger partial charge in [0, 0.05) is 46.9 Å². The van der Waals surface area contributed by atoms with Gasteiger partial charge >= 0.3 is 0 Å².